The standard InChI is InChI=1S/C19H23N5O3S/c1-2-22-8-9-23(18(26)17(22)25)19(27)20-6-7-24-16(13-3-4-13)11-15(21-24)14-5-10-28-12-14/h5,10-13H,2-4,6-9H2,1H3,(H,20,27). The van der Waals surface area contributed by atoms with E-state index in [0.29, 0.717) is 32.1 Å². The number of nitrogens with zero attached hydrogens (tertiary/aromatic N) is 4. The van der Waals surface area contributed by atoms with Crippen molar-refractivity contribution in [1.82, 2.24) is 24.9 Å². The van der Waals surface area contributed by atoms with Crippen molar-refractivity contribution in [3.63, 3.8) is 0 Å². The van der Waals surface area contributed by atoms with Crippen LogP contribution in [0, 0.1) is 0 Å². The normalized spacial score (nSPS) is 17.3. The van der Waals surface area contributed by atoms with Gasteiger partial charge in [-0.25, -0.2) is 4.79 Å². The number of urea groups is 1. The van der Waals surface area contributed by atoms with E-state index >= 15 is 0 Å². The van der Waals surface area contributed by atoms with Gasteiger partial charge in [0.2, 0.25) is 0 Å². The third-order valence-corrected chi connectivity index (χ3v) is 5.84. The van der Waals surface area contributed by atoms with Crippen molar-refractivity contribution in [3.05, 3.63) is 28.6 Å². The summed E-state index contributed by atoms with van der Waals surface area (Å²) in [5.74, 6) is -0.840. The fourth-order valence-electron chi connectivity index (χ4n) is 3.40. The van der Waals surface area contributed by atoms with Crippen molar-refractivity contribution in [1.29, 1.82) is 0 Å². The van der Waals surface area contributed by atoms with Crippen molar-refractivity contribution in [3.8, 4) is 11.3 Å². The fraction of sp³-hybridized carbons (Fsp3) is 0.474. The van der Waals surface area contributed by atoms with Crippen molar-refractivity contribution >= 4 is 29.2 Å². The first kappa shape index (κ1) is 18.7. The lowest BCUT2D eigenvalue weighted by atomic mass is 10.2. The van der Waals surface area contributed by atoms with Crippen LogP contribution in [-0.2, 0) is 16.1 Å². The van der Waals surface area contributed by atoms with E-state index < -0.39 is 17.8 Å². The number of imide groups is 1. The van der Waals surface area contributed by atoms with E-state index in [0.717, 1.165) is 16.2 Å². The molecule has 0 radical (unpaired) electrons. The van der Waals surface area contributed by atoms with Gasteiger partial charge in [0.15, 0.2) is 0 Å². The summed E-state index contributed by atoms with van der Waals surface area (Å²) in [5, 5.41) is 11.6. The van der Waals surface area contributed by atoms with Crippen LogP contribution in [0.2, 0.25) is 0 Å². The summed E-state index contributed by atoms with van der Waals surface area (Å²) in [4.78, 5) is 38.9. The lowest BCUT2D eigenvalue weighted by molar-refractivity contribution is -0.153. The van der Waals surface area contributed by atoms with Gasteiger partial charge >= 0.3 is 17.8 Å². The zero-order chi connectivity index (χ0) is 19.7. The predicted octanol–water partition coefficient (Wildman–Crippen LogP) is 1.89. The van der Waals surface area contributed by atoms with Crippen molar-refractivity contribution in [2.45, 2.75) is 32.2 Å². The zero-order valence-corrected chi connectivity index (χ0v) is 16.6. The van der Waals surface area contributed by atoms with Crippen molar-refractivity contribution < 1.29 is 14.4 Å². The second-order valence-corrected chi connectivity index (χ2v) is 7.82. The van der Waals surface area contributed by atoms with Crippen molar-refractivity contribution in [2.24, 2.45) is 0 Å². The molecule has 148 valence electrons. The Morgan fingerprint density at radius 1 is 1.29 bits per heavy atom. The molecule has 0 spiro atoms. The minimum atomic E-state index is -0.761. The van der Waals surface area contributed by atoms with Crippen molar-refractivity contribution in [2.75, 3.05) is 26.2 Å². The summed E-state index contributed by atoms with van der Waals surface area (Å²) < 4.78 is 1.95. The molecule has 0 atom stereocenters. The molecule has 4 rings (SSSR count). The summed E-state index contributed by atoms with van der Waals surface area (Å²) in [6, 6.07) is 3.66. The Labute approximate surface area is 167 Å². The average molecular weight is 401 g/mol. The van der Waals surface area contributed by atoms with Gasteiger partial charge in [-0.05, 0) is 37.3 Å². The van der Waals surface area contributed by atoms with Gasteiger partial charge in [-0.1, -0.05) is 0 Å². The largest absolute Gasteiger partial charge is 0.336 e. The van der Waals surface area contributed by atoms with E-state index in [1.807, 2.05) is 23.1 Å². The summed E-state index contributed by atoms with van der Waals surface area (Å²) in [5.41, 5.74) is 3.25. The van der Waals surface area contributed by atoms with Crippen LogP contribution in [0.5, 0.6) is 0 Å². The minimum Gasteiger partial charge on any atom is -0.336 e. The van der Waals surface area contributed by atoms with Gasteiger partial charge in [-0.3, -0.25) is 19.2 Å². The van der Waals surface area contributed by atoms with Gasteiger partial charge < -0.3 is 10.2 Å². The number of aromatic nitrogens is 2. The van der Waals surface area contributed by atoms with E-state index in [2.05, 4.69) is 16.8 Å². The SMILES string of the molecule is CCN1CCN(C(=O)NCCn2nc(-c3ccsc3)cc2C2CC2)C(=O)C1=O. The molecule has 9 heteroatoms. The number of hydrogen-bond acceptors (Lipinski definition) is 5. The molecule has 0 aromatic carbocycles. The summed E-state index contributed by atoms with van der Waals surface area (Å²) >= 11 is 1.64. The molecular formula is C19H23N5O3S. The molecule has 1 N–H and O–H groups in total. The molecule has 4 amide bonds. The Bertz CT molecular complexity index is 888. The number of piperazine rings is 1. The number of hydrogen-bond donors (Lipinski definition) is 1. The third kappa shape index (κ3) is 3.66. The van der Waals surface area contributed by atoms with Crippen LogP contribution in [0.25, 0.3) is 11.3 Å². The van der Waals surface area contributed by atoms with Gasteiger partial charge in [0, 0.05) is 48.7 Å². The maximum atomic E-state index is 12.4. The number of thiophene rings is 1. The molecule has 1 saturated carbocycles. The van der Waals surface area contributed by atoms with Crippen LogP contribution in [-0.4, -0.2) is 63.6 Å². The van der Waals surface area contributed by atoms with Crippen LogP contribution >= 0.6 is 11.3 Å². The highest BCUT2D eigenvalue weighted by atomic mass is 32.1. The van der Waals surface area contributed by atoms with E-state index in [4.69, 9.17) is 5.10 Å². The Balaban J connectivity index is 1.37. The highest BCUT2D eigenvalue weighted by molar-refractivity contribution is 7.08. The van der Waals surface area contributed by atoms with Gasteiger partial charge in [-0.2, -0.15) is 16.4 Å². The second kappa shape index (κ2) is 7.75. The molecule has 2 aliphatic rings. The quantitative estimate of drug-likeness (QED) is 0.749. The topological polar surface area (TPSA) is 87.5 Å². The molecule has 1 aliphatic heterocycles. The van der Waals surface area contributed by atoms with Crippen LogP contribution < -0.4 is 5.32 Å². The highest BCUT2D eigenvalue weighted by Gasteiger charge is 2.35. The smallest absolute Gasteiger partial charge is 0.324 e. The van der Waals surface area contributed by atoms with Gasteiger partial charge in [-0.15, -0.1) is 0 Å². The second-order valence-electron chi connectivity index (χ2n) is 7.04. The molecule has 2 aromatic heterocycles. The molecule has 0 unspecified atom stereocenters. The Morgan fingerprint density at radius 2 is 2.11 bits per heavy atom. The molecule has 0 bridgehead atoms. The monoisotopic (exact) mass is 401 g/mol. The van der Waals surface area contributed by atoms with Crippen LogP contribution in [0.4, 0.5) is 4.79 Å². The predicted molar refractivity (Wildman–Crippen MR) is 105 cm³/mol. The van der Waals surface area contributed by atoms with Crippen LogP contribution in [0.3, 0.4) is 0 Å². The minimum absolute atomic E-state index is 0.224. The summed E-state index contributed by atoms with van der Waals surface area (Å²) in [7, 11) is 0. The van der Waals surface area contributed by atoms with E-state index in [1.165, 1.54) is 23.4 Å². The van der Waals surface area contributed by atoms with Gasteiger partial charge in [0.1, 0.15) is 0 Å². The van der Waals surface area contributed by atoms with Crippen LogP contribution in [0.15, 0.2) is 22.9 Å². The first-order valence-electron chi connectivity index (χ1n) is 9.57. The Kier molecular flexibility index (Phi) is 5.17. The number of carbonyl (C=O) groups is 3. The number of nitrogens with one attached hydrogen (secondary N) is 1. The number of rotatable bonds is 6. The van der Waals surface area contributed by atoms with Gasteiger partial charge in [0.05, 0.1) is 12.2 Å². The van der Waals surface area contributed by atoms with E-state index in [1.54, 1.807) is 11.3 Å². The maximum absolute atomic E-state index is 12.4. The molecule has 28 heavy (non-hydrogen) atoms. The molecule has 2 fully saturated rings. The number of amides is 4. The molecular weight excluding hydrogens is 378 g/mol. The Morgan fingerprint density at radius 3 is 2.79 bits per heavy atom. The highest BCUT2D eigenvalue weighted by Crippen LogP contribution is 2.41. The summed E-state index contributed by atoms with van der Waals surface area (Å²) in [6.45, 7) is 3.76. The Hall–Kier alpha value is -2.68. The maximum Gasteiger partial charge on any atom is 0.324 e. The average Bonchev–Trinajstić information content (AvgIpc) is 3.22. The zero-order valence-electron chi connectivity index (χ0n) is 15.8. The van der Waals surface area contributed by atoms with Gasteiger partial charge in [0.25, 0.3) is 0 Å². The molecule has 8 nitrogen and oxygen atoms in total. The lowest BCUT2D eigenvalue weighted by Gasteiger charge is -2.31. The number of likely N-dealkylation sites (N-methyl/N-ethyl adjacent to an activating group) is 1. The fourth-order valence-corrected chi connectivity index (χ4v) is 4.05. The van der Waals surface area contributed by atoms with Crippen LogP contribution in [0.1, 0.15) is 31.4 Å². The third-order valence-electron chi connectivity index (χ3n) is 5.16. The number of carbonyl (C=O) groups excluding carboxylic acids is 3. The van der Waals surface area contributed by atoms with E-state index in [9.17, 15) is 14.4 Å². The lowest BCUT2D eigenvalue weighted by Crippen LogP contribution is -2.58. The first-order chi connectivity index (χ1) is 13.6. The molecule has 2 aromatic rings. The van der Waals surface area contributed by atoms with E-state index in [-0.39, 0.29) is 6.54 Å². The first-order valence-corrected chi connectivity index (χ1v) is 10.5. The molecule has 1 saturated heterocycles. The summed E-state index contributed by atoms with van der Waals surface area (Å²) in [6.07, 6.45) is 2.33. The molecule has 1 aliphatic carbocycles. The molecule has 3 heterocycles.